The molecular formula is C11H16BrNS. The summed E-state index contributed by atoms with van der Waals surface area (Å²) in [6.45, 7) is 2.09. The third kappa shape index (κ3) is 2.80. The Morgan fingerprint density at radius 3 is 3.07 bits per heavy atom. The summed E-state index contributed by atoms with van der Waals surface area (Å²) in [6, 6.07) is 0. The van der Waals surface area contributed by atoms with Crippen LogP contribution in [0.1, 0.15) is 36.4 Å². The highest BCUT2D eigenvalue weighted by Gasteiger charge is 2.20. The largest absolute Gasteiger partial charge is 0.247 e. The number of aromatic nitrogens is 1. The smallest absolute Gasteiger partial charge is 0.0897 e. The average Bonchev–Trinajstić information content (AvgIpc) is 2.51. The summed E-state index contributed by atoms with van der Waals surface area (Å²) in [5, 5.41) is 3.42. The molecule has 0 aromatic carbocycles. The van der Waals surface area contributed by atoms with E-state index in [1.165, 1.54) is 42.8 Å². The molecule has 0 aliphatic heterocycles. The van der Waals surface area contributed by atoms with Crippen LogP contribution in [0.3, 0.4) is 0 Å². The molecule has 1 fully saturated rings. The molecule has 0 radical (unpaired) electrons. The van der Waals surface area contributed by atoms with Crippen molar-refractivity contribution in [3.8, 4) is 0 Å². The van der Waals surface area contributed by atoms with Crippen LogP contribution in [0.15, 0.2) is 5.38 Å². The Labute approximate surface area is 98.1 Å². The molecule has 0 bridgehead atoms. The van der Waals surface area contributed by atoms with Crippen LogP contribution in [-0.2, 0) is 6.42 Å². The topological polar surface area (TPSA) is 12.9 Å². The summed E-state index contributed by atoms with van der Waals surface area (Å²) in [7, 11) is 0. The summed E-state index contributed by atoms with van der Waals surface area (Å²) in [5.74, 6) is 0.856. The molecule has 2 unspecified atom stereocenters. The number of halogens is 1. The Kier molecular flexibility index (Phi) is 3.61. The van der Waals surface area contributed by atoms with Crippen LogP contribution in [-0.4, -0.2) is 9.81 Å². The van der Waals surface area contributed by atoms with Crippen LogP contribution in [0.4, 0.5) is 0 Å². The van der Waals surface area contributed by atoms with Crippen LogP contribution in [0, 0.1) is 12.8 Å². The molecule has 0 saturated heterocycles. The zero-order valence-corrected chi connectivity index (χ0v) is 10.9. The zero-order valence-electron chi connectivity index (χ0n) is 8.50. The van der Waals surface area contributed by atoms with Crippen LogP contribution in [0.5, 0.6) is 0 Å². The highest BCUT2D eigenvalue weighted by atomic mass is 79.9. The van der Waals surface area contributed by atoms with Crippen molar-refractivity contribution in [2.45, 2.75) is 43.9 Å². The van der Waals surface area contributed by atoms with Gasteiger partial charge in [0, 0.05) is 10.2 Å². The molecule has 78 valence electrons. The lowest BCUT2D eigenvalue weighted by Gasteiger charge is -2.24. The van der Waals surface area contributed by atoms with Crippen molar-refractivity contribution in [2.75, 3.05) is 0 Å². The minimum absolute atomic E-state index is 0.751. The predicted octanol–water partition coefficient (Wildman–Crippen LogP) is 3.95. The van der Waals surface area contributed by atoms with Gasteiger partial charge in [-0.25, -0.2) is 4.98 Å². The first-order chi connectivity index (χ1) is 6.74. The van der Waals surface area contributed by atoms with Crippen LogP contribution >= 0.6 is 27.3 Å². The molecule has 2 atom stereocenters. The minimum atomic E-state index is 0.751. The molecule has 1 aliphatic rings. The molecule has 1 aliphatic carbocycles. The van der Waals surface area contributed by atoms with Gasteiger partial charge >= 0.3 is 0 Å². The summed E-state index contributed by atoms with van der Waals surface area (Å²) in [6.07, 6.45) is 6.64. The van der Waals surface area contributed by atoms with Crippen LogP contribution in [0.2, 0.25) is 0 Å². The number of rotatable bonds is 2. The predicted molar refractivity (Wildman–Crippen MR) is 65.2 cm³/mol. The van der Waals surface area contributed by atoms with Gasteiger partial charge in [0.25, 0.3) is 0 Å². The van der Waals surface area contributed by atoms with Gasteiger partial charge in [-0.05, 0) is 38.5 Å². The second-order valence-corrected chi connectivity index (χ2v) is 6.55. The molecule has 1 heterocycles. The lowest BCUT2D eigenvalue weighted by molar-refractivity contribution is 0.365. The maximum absolute atomic E-state index is 4.53. The Morgan fingerprint density at radius 1 is 1.57 bits per heavy atom. The minimum Gasteiger partial charge on any atom is -0.247 e. The Bertz CT molecular complexity index is 297. The van der Waals surface area contributed by atoms with Crippen molar-refractivity contribution >= 4 is 27.3 Å². The molecular weight excluding hydrogens is 258 g/mol. The highest BCUT2D eigenvalue weighted by molar-refractivity contribution is 9.09. The molecule has 3 heteroatoms. The van der Waals surface area contributed by atoms with Gasteiger partial charge in [0.2, 0.25) is 0 Å². The molecule has 0 N–H and O–H groups in total. The Balaban J connectivity index is 1.90. The van der Waals surface area contributed by atoms with Gasteiger partial charge in [-0.15, -0.1) is 11.3 Å². The first-order valence-electron chi connectivity index (χ1n) is 5.29. The highest BCUT2D eigenvalue weighted by Crippen LogP contribution is 2.31. The van der Waals surface area contributed by atoms with Crippen molar-refractivity contribution < 1.29 is 0 Å². The number of hydrogen-bond acceptors (Lipinski definition) is 2. The number of aryl methyl sites for hydroxylation is 1. The Morgan fingerprint density at radius 2 is 2.43 bits per heavy atom. The molecule has 2 rings (SSSR count). The van der Waals surface area contributed by atoms with Gasteiger partial charge in [0.15, 0.2) is 0 Å². The van der Waals surface area contributed by atoms with Gasteiger partial charge in [-0.1, -0.05) is 22.4 Å². The van der Waals surface area contributed by atoms with Crippen molar-refractivity contribution in [1.29, 1.82) is 0 Å². The van der Waals surface area contributed by atoms with Crippen molar-refractivity contribution in [3.63, 3.8) is 0 Å². The van der Waals surface area contributed by atoms with E-state index in [-0.39, 0.29) is 0 Å². The molecule has 0 spiro atoms. The fourth-order valence-electron chi connectivity index (χ4n) is 2.21. The van der Waals surface area contributed by atoms with Crippen molar-refractivity contribution in [2.24, 2.45) is 5.92 Å². The molecule has 1 aromatic heterocycles. The molecule has 0 amide bonds. The van der Waals surface area contributed by atoms with E-state index >= 15 is 0 Å². The number of alkyl halides is 1. The van der Waals surface area contributed by atoms with Crippen LogP contribution in [0.25, 0.3) is 0 Å². The summed E-state index contributed by atoms with van der Waals surface area (Å²) >= 11 is 5.50. The van der Waals surface area contributed by atoms with Crippen molar-refractivity contribution in [3.05, 3.63) is 16.1 Å². The first-order valence-corrected chi connectivity index (χ1v) is 7.08. The second kappa shape index (κ2) is 4.75. The summed E-state index contributed by atoms with van der Waals surface area (Å²) in [5.41, 5.74) is 1.30. The second-order valence-electron chi connectivity index (χ2n) is 4.19. The first kappa shape index (κ1) is 10.6. The fraction of sp³-hybridized carbons (Fsp3) is 0.727. The van der Waals surface area contributed by atoms with Crippen molar-refractivity contribution in [1.82, 2.24) is 4.98 Å². The van der Waals surface area contributed by atoms with E-state index in [0.29, 0.717) is 0 Å². The Hall–Kier alpha value is 0.110. The molecule has 1 saturated carbocycles. The molecule has 1 nitrogen and oxygen atoms in total. The SMILES string of the molecule is Cc1nc(CC2CCCC(Br)C2)cs1. The van der Waals surface area contributed by atoms with E-state index in [4.69, 9.17) is 0 Å². The standard InChI is InChI=1S/C11H16BrNS/c1-8-13-11(7-14-8)6-9-3-2-4-10(12)5-9/h7,9-10H,2-6H2,1H3. The monoisotopic (exact) mass is 273 g/mol. The van der Waals surface area contributed by atoms with E-state index in [0.717, 1.165) is 10.7 Å². The summed E-state index contributed by atoms with van der Waals surface area (Å²) < 4.78 is 0. The third-order valence-corrected chi connectivity index (χ3v) is 4.54. The van der Waals surface area contributed by atoms with E-state index in [1.54, 1.807) is 11.3 Å². The number of hydrogen-bond donors (Lipinski definition) is 0. The third-order valence-electron chi connectivity index (χ3n) is 2.88. The number of thiazole rings is 1. The molecule has 14 heavy (non-hydrogen) atoms. The quantitative estimate of drug-likeness (QED) is 0.744. The van der Waals surface area contributed by atoms with Gasteiger partial charge in [-0.2, -0.15) is 0 Å². The maximum Gasteiger partial charge on any atom is 0.0897 e. The van der Waals surface area contributed by atoms with E-state index < -0.39 is 0 Å². The fourth-order valence-corrected chi connectivity index (χ4v) is 3.69. The van der Waals surface area contributed by atoms with E-state index in [1.807, 2.05) is 0 Å². The van der Waals surface area contributed by atoms with Gasteiger partial charge in [0.05, 0.1) is 10.7 Å². The lowest BCUT2D eigenvalue weighted by atomic mass is 9.86. The van der Waals surface area contributed by atoms with Gasteiger partial charge in [0.1, 0.15) is 0 Å². The average molecular weight is 274 g/mol. The van der Waals surface area contributed by atoms with Gasteiger partial charge < -0.3 is 0 Å². The lowest BCUT2D eigenvalue weighted by Crippen LogP contribution is -2.17. The van der Waals surface area contributed by atoms with Gasteiger partial charge in [-0.3, -0.25) is 0 Å². The van der Waals surface area contributed by atoms with E-state index in [9.17, 15) is 0 Å². The van der Waals surface area contributed by atoms with E-state index in [2.05, 4.69) is 33.2 Å². The molecule has 1 aromatic rings. The normalized spacial score (nSPS) is 27.9. The van der Waals surface area contributed by atoms with Crippen LogP contribution < -0.4 is 0 Å². The number of nitrogens with zero attached hydrogens (tertiary/aromatic N) is 1. The zero-order chi connectivity index (χ0) is 9.97. The summed E-state index contributed by atoms with van der Waals surface area (Å²) in [4.78, 5) is 5.28. The maximum atomic E-state index is 4.53.